The second-order valence-corrected chi connectivity index (χ2v) is 4.65. The smallest absolute Gasteiger partial charge is 0.220 e. The number of hydrogen-bond acceptors (Lipinski definition) is 3. The molecule has 6 heteroatoms. The summed E-state index contributed by atoms with van der Waals surface area (Å²) in [7, 11) is 0. The van der Waals surface area contributed by atoms with Crippen molar-refractivity contribution < 1.29 is 18.4 Å². The molecule has 0 atom stereocenters. The number of amides is 1. The van der Waals surface area contributed by atoms with Gasteiger partial charge >= 0.3 is 0 Å². The van der Waals surface area contributed by atoms with Gasteiger partial charge in [0.15, 0.2) is 17.4 Å². The molecule has 0 fully saturated rings. The molecule has 0 unspecified atom stereocenters. The SMILES string of the molecule is CCCNCCNC(=O)CCC(=O)c1ccc(F)c(F)c1. The molecule has 0 aliphatic heterocycles. The molecule has 0 saturated carbocycles. The predicted octanol–water partition coefficient (Wildman–Crippen LogP) is 2.04. The number of benzene rings is 1. The Morgan fingerprint density at radius 3 is 2.48 bits per heavy atom. The first kappa shape index (κ1) is 17.2. The zero-order valence-electron chi connectivity index (χ0n) is 12.0. The van der Waals surface area contributed by atoms with Gasteiger partial charge in [0.2, 0.25) is 5.91 Å². The van der Waals surface area contributed by atoms with Gasteiger partial charge < -0.3 is 10.6 Å². The number of hydrogen-bond donors (Lipinski definition) is 2. The minimum Gasteiger partial charge on any atom is -0.355 e. The molecule has 2 N–H and O–H groups in total. The van der Waals surface area contributed by atoms with Crippen molar-refractivity contribution in [3.8, 4) is 0 Å². The van der Waals surface area contributed by atoms with Crippen LogP contribution >= 0.6 is 0 Å². The van der Waals surface area contributed by atoms with Crippen molar-refractivity contribution in [2.45, 2.75) is 26.2 Å². The van der Waals surface area contributed by atoms with Crippen molar-refractivity contribution in [2.24, 2.45) is 0 Å². The molecule has 1 amide bonds. The zero-order valence-corrected chi connectivity index (χ0v) is 12.0. The summed E-state index contributed by atoms with van der Waals surface area (Å²) in [5.74, 6) is -2.67. The van der Waals surface area contributed by atoms with E-state index in [0.717, 1.165) is 25.1 Å². The zero-order chi connectivity index (χ0) is 15.7. The van der Waals surface area contributed by atoms with Gasteiger partial charge in [-0.2, -0.15) is 0 Å². The molecular formula is C15H20F2N2O2. The fourth-order valence-corrected chi connectivity index (χ4v) is 1.72. The van der Waals surface area contributed by atoms with E-state index in [0.29, 0.717) is 13.1 Å². The molecule has 4 nitrogen and oxygen atoms in total. The lowest BCUT2D eigenvalue weighted by molar-refractivity contribution is -0.121. The molecule has 0 aliphatic rings. The normalized spacial score (nSPS) is 10.4. The first-order valence-corrected chi connectivity index (χ1v) is 7.00. The van der Waals surface area contributed by atoms with Crippen LogP contribution in [0.25, 0.3) is 0 Å². The Labute approximate surface area is 122 Å². The van der Waals surface area contributed by atoms with Gasteiger partial charge in [-0.3, -0.25) is 9.59 Å². The largest absolute Gasteiger partial charge is 0.355 e. The van der Waals surface area contributed by atoms with Crippen LogP contribution in [0.15, 0.2) is 18.2 Å². The molecule has 0 spiro atoms. The lowest BCUT2D eigenvalue weighted by atomic mass is 10.1. The molecule has 116 valence electrons. The van der Waals surface area contributed by atoms with Crippen LogP contribution in [-0.4, -0.2) is 31.3 Å². The molecule has 0 heterocycles. The maximum absolute atomic E-state index is 13.0. The highest BCUT2D eigenvalue weighted by Crippen LogP contribution is 2.11. The van der Waals surface area contributed by atoms with E-state index in [9.17, 15) is 18.4 Å². The number of carbonyl (C=O) groups excluding carboxylic acids is 2. The molecule has 1 aromatic rings. The summed E-state index contributed by atoms with van der Waals surface area (Å²) in [6.45, 7) is 4.12. The van der Waals surface area contributed by atoms with Gasteiger partial charge in [0.1, 0.15) is 0 Å². The van der Waals surface area contributed by atoms with E-state index in [-0.39, 0.29) is 30.1 Å². The molecule has 0 bridgehead atoms. The van der Waals surface area contributed by atoms with E-state index in [2.05, 4.69) is 17.6 Å². The number of carbonyl (C=O) groups is 2. The van der Waals surface area contributed by atoms with Crippen LogP contribution in [0.1, 0.15) is 36.5 Å². The van der Waals surface area contributed by atoms with Crippen LogP contribution < -0.4 is 10.6 Å². The summed E-state index contributed by atoms with van der Waals surface area (Å²) in [5, 5.41) is 5.81. The molecule has 0 radical (unpaired) electrons. The van der Waals surface area contributed by atoms with Crippen LogP contribution in [0.5, 0.6) is 0 Å². The highest BCUT2D eigenvalue weighted by molar-refractivity contribution is 5.97. The average Bonchev–Trinajstić information content (AvgIpc) is 2.47. The van der Waals surface area contributed by atoms with Crippen molar-refractivity contribution in [2.75, 3.05) is 19.6 Å². The van der Waals surface area contributed by atoms with Gasteiger partial charge in [-0.25, -0.2) is 8.78 Å². The van der Waals surface area contributed by atoms with E-state index in [1.807, 2.05) is 0 Å². The van der Waals surface area contributed by atoms with Crippen molar-refractivity contribution in [1.29, 1.82) is 0 Å². The molecule has 0 aliphatic carbocycles. The Kier molecular flexibility index (Phi) is 7.53. The molecule has 0 aromatic heterocycles. The Hall–Kier alpha value is -1.82. The summed E-state index contributed by atoms with van der Waals surface area (Å²) in [5.41, 5.74) is 0.0753. The lowest BCUT2D eigenvalue weighted by Gasteiger charge is -2.06. The molecule has 21 heavy (non-hydrogen) atoms. The van der Waals surface area contributed by atoms with Gasteiger partial charge in [-0.1, -0.05) is 6.92 Å². The molecule has 0 saturated heterocycles. The maximum atomic E-state index is 13.0. The molecule has 1 aromatic carbocycles. The van der Waals surface area contributed by atoms with Gasteiger partial charge in [0.25, 0.3) is 0 Å². The van der Waals surface area contributed by atoms with Crippen molar-refractivity contribution >= 4 is 11.7 Å². The minimum absolute atomic E-state index is 0.0285. The molecular weight excluding hydrogens is 278 g/mol. The van der Waals surface area contributed by atoms with Gasteiger partial charge in [-0.15, -0.1) is 0 Å². The van der Waals surface area contributed by atoms with Gasteiger partial charge in [0, 0.05) is 31.5 Å². The van der Waals surface area contributed by atoms with E-state index in [4.69, 9.17) is 0 Å². The first-order valence-electron chi connectivity index (χ1n) is 7.00. The third-order valence-corrected chi connectivity index (χ3v) is 2.87. The predicted molar refractivity (Wildman–Crippen MR) is 76.1 cm³/mol. The summed E-state index contributed by atoms with van der Waals surface area (Å²) >= 11 is 0. The van der Waals surface area contributed by atoms with Crippen LogP contribution in [0.3, 0.4) is 0 Å². The van der Waals surface area contributed by atoms with E-state index < -0.39 is 11.6 Å². The fraction of sp³-hybridized carbons (Fsp3) is 0.467. The maximum Gasteiger partial charge on any atom is 0.220 e. The minimum atomic E-state index is -1.06. The van der Waals surface area contributed by atoms with Crippen LogP contribution in [0.4, 0.5) is 8.78 Å². The van der Waals surface area contributed by atoms with Crippen molar-refractivity contribution in [3.05, 3.63) is 35.4 Å². The number of ketones is 1. The fourth-order valence-electron chi connectivity index (χ4n) is 1.72. The Morgan fingerprint density at radius 1 is 1.05 bits per heavy atom. The second kappa shape index (κ2) is 9.18. The van der Waals surface area contributed by atoms with Crippen LogP contribution in [0.2, 0.25) is 0 Å². The van der Waals surface area contributed by atoms with Crippen LogP contribution in [-0.2, 0) is 4.79 Å². The third-order valence-electron chi connectivity index (χ3n) is 2.87. The van der Waals surface area contributed by atoms with Crippen LogP contribution in [0, 0.1) is 11.6 Å². The Balaban J connectivity index is 2.29. The summed E-state index contributed by atoms with van der Waals surface area (Å²) < 4.78 is 25.7. The van der Waals surface area contributed by atoms with E-state index in [1.165, 1.54) is 6.07 Å². The Bertz CT molecular complexity index is 493. The quantitative estimate of drug-likeness (QED) is 0.542. The monoisotopic (exact) mass is 298 g/mol. The number of nitrogens with one attached hydrogen (secondary N) is 2. The topological polar surface area (TPSA) is 58.2 Å². The molecule has 1 rings (SSSR count). The Morgan fingerprint density at radius 2 is 1.81 bits per heavy atom. The van der Waals surface area contributed by atoms with Gasteiger partial charge in [-0.05, 0) is 31.2 Å². The van der Waals surface area contributed by atoms with E-state index in [1.54, 1.807) is 0 Å². The van der Waals surface area contributed by atoms with E-state index >= 15 is 0 Å². The summed E-state index contributed by atoms with van der Waals surface area (Å²) in [6.07, 6.45) is 1.03. The number of Topliss-reactive ketones (excluding diaryl/α,β-unsaturated/α-hetero) is 1. The number of halogens is 2. The summed E-state index contributed by atoms with van der Waals surface area (Å²) in [4.78, 5) is 23.3. The van der Waals surface area contributed by atoms with Crippen molar-refractivity contribution in [1.82, 2.24) is 10.6 Å². The van der Waals surface area contributed by atoms with Gasteiger partial charge in [0.05, 0.1) is 0 Å². The van der Waals surface area contributed by atoms with Crippen molar-refractivity contribution in [3.63, 3.8) is 0 Å². The number of rotatable bonds is 9. The third kappa shape index (κ3) is 6.44. The standard InChI is InChI=1S/C15H20F2N2O2/c1-2-7-18-8-9-19-15(21)6-5-14(20)11-3-4-12(16)13(17)10-11/h3-4,10,18H,2,5-9H2,1H3,(H,19,21). The average molecular weight is 298 g/mol. The lowest BCUT2D eigenvalue weighted by Crippen LogP contribution is -2.32. The first-order chi connectivity index (χ1) is 10.0. The highest BCUT2D eigenvalue weighted by atomic mass is 19.2. The summed E-state index contributed by atoms with van der Waals surface area (Å²) in [6, 6.07) is 2.97. The highest BCUT2D eigenvalue weighted by Gasteiger charge is 2.11. The second-order valence-electron chi connectivity index (χ2n) is 4.65.